The molecule has 2 aliphatic rings. The van der Waals surface area contributed by atoms with Gasteiger partial charge >= 0.3 is 0 Å². The lowest BCUT2D eigenvalue weighted by atomic mass is 9.75. The molecule has 1 saturated heterocycles. The molecule has 19 heavy (non-hydrogen) atoms. The summed E-state index contributed by atoms with van der Waals surface area (Å²) >= 11 is 0. The zero-order valence-corrected chi connectivity index (χ0v) is 12.4. The van der Waals surface area contributed by atoms with Crippen LogP contribution in [0.5, 0.6) is 0 Å². The molecule has 4 nitrogen and oxygen atoms in total. The van der Waals surface area contributed by atoms with Crippen LogP contribution in [-0.2, 0) is 9.53 Å². The van der Waals surface area contributed by atoms with Gasteiger partial charge in [-0.05, 0) is 31.1 Å². The second kappa shape index (κ2) is 6.71. The molecule has 0 unspecified atom stereocenters. The average Bonchev–Trinajstić information content (AvgIpc) is 2.41. The van der Waals surface area contributed by atoms with E-state index in [1.54, 1.807) is 0 Å². The van der Waals surface area contributed by atoms with Gasteiger partial charge in [-0.3, -0.25) is 4.79 Å². The first-order valence-corrected chi connectivity index (χ1v) is 7.66. The van der Waals surface area contributed by atoms with Gasteiger partial charge in [0.2, 0.25) is 5.91 Å². The molecule has 0 aromatic carbocycles. The Morgan fingerprint density at radius 3 is 2.53 bits per heavy atom. The van der Waals surface area contributed by atoms with Crippen molar-refractivity contribution in [2.75, 3.05) is 32.8 Å². The second-order valence-electron chi connectivity index (χ2n) is 6.64. The Bertz CT molecular complexity index is 289. The summed E-state index contributed by atoms with van der Waals surface area (Å²) in [4.78, 5) is 13.9. The summed E-state index contributed by atoms with van der Waals surface area (Å²) in [6.07, 6.45) is 5.71. The van der Waals surface area contributed by atoms with Crippen molar-refractivity contribution in [3.05, 3.63) is 0 Å². The van der Waals surface area contributed by atoms with Crippen LogP contribution in [0.2, 0.25) is 0 Å². The molecule has 1 amide bonds. The number of rotatable bonds is 4. The molecule has 110 valence electrons. The predicted molar refractivity (Wildman–Crippen MR) is 76.1 cm³/mol. The van der Waals surface area contributed by atoms with Crippen LogP contribution in [0.25, 0.3) is 0 Å². The van der Waals surface area contributed by atoms with Gasteiger partial charge in [-0.1, -0.05) is 13.8 Å². The van der Waals surface area contributed by atoms with Crippen molar-refractivity contribution in [3.8, 4) is 0 Å². The van der Waals surface area contributed by atoms with Gasteiger partial charge in [0, 0.05) is 32.1 Å². The molecule has 0 aromatic heterocycles. The second-order valence-corrected chi connectivity index (χ2v) is 6.64. The third kappa shape index (κ3) is 4.77. The van der Waals surface area contributed by atoms with E-state index in [0.717, 1.165) is 19.6 Å². The molecule has 1 aliphatic carbocycles. The lowest BCUT2D eigenvalue weighted by Gasteiger charge is -2.35. The summed E-state index contributed by atoms with van der Waals surface area (Å²) in [6, 6.07) is 0.616. The van der Waals surface area contributed by atoms with E-state index in [2.05, 4.69) is 19.2 Å². The minimum absolute atomic E-state index is 0.270. The fourth-order valence-electron chi connectivity index (χ4n) is 2.96. The predicted octanol–water partition coefficient (Wildman–Crippen LogP) is 1.79. The number of amides is 1. The van der Waals surface area contributed by atoms with E-state index < -0.39 is 0 Å². The van der Waals surface area contributed by atoms with Gasteiger partial charge in [-0.15, -0.1) is 0 Å². The minimum Gasteiger partial charge on any atom is -0.378 e. The summed E-state index contributed by atoms with van der Waals surface area (Å²) in [5, 5.41) is 3.55. The monoisotopic (exact) mass is 268 g/mol. The van der Waals surface area contributed by atoms with Crippen molar-refractivity contribution in [1.29, 1.82) is 0 Å². The maximum Gasteiger partial charge on any atom is 0.224 e. The topological polar surface area (TPSA) is 41.6 Å². The lowest BCUT2D eigenvalue weighted by Crippen LogP contribution is -2.42. The van der Waals surface area contributed by atoms with E-state index in [4.69, 9.17) is 4.74 Å². The number of carbonyl (C=O) groups excluding carboxylic acids is 1. The smallest absolute Gasteiger partial charge is 0.224 e. The van der Waals surface area contributed by atoms with Crippen LogP contribution in [0.3, 0.4) is 0 Å². The highest BCUT2D eigenvalue weighted by Gasteiger charge is 2.26. The van der Waals surface area contributed by atoms with Gasteiger partial charge in [0.05, 0.1) is 13.2 Å². The van der Waals surface area contributed by atoms with Gasteiger partial charge in [0.25, 0.3) is 0 Å². The largest absolute Gasteiger partial charge is 0.378 e. The molecule has 2 rings (SSSR count). The van der Waals surface area contributed by atoms with Crippen molar-refractivity contribution >= 4 is 5.91 Å². The fourth-order valence-corrected chi connectivity index (χ4v) is 2.96. The zero-order valence-electron chi connectivity index (χ0n) is 12.4. The van der Waals surface area contributed by atoms with Crippen LogP contribution >= 0.6 is 0 Å². The van der Waals surface area contributed by atoms with Gasteiger partial charge in [0.1, 0.15) is 0 Å². The summed E-state index contributed by atoms with van der Waals surface area (Å²) in [5.74, 6) is 0.270. The quantitative estimate of drug-likeness (QED) is 0.845. The molecule has 0 bridgehead atoms. The van der Waals surface area contributed by atoms with Gasteiger partial charge in [-0.25, -0.2) is 0 Å². The van der Waals surface area contributed by atoms with Crippen LogP contribution in [-0.4, -0.2) is 49.7 Å². The maximum atomic E-state index is 12.0. The molecule has 1 saturated carbocycles. The van der Waals surface area contributed by atoms with Gasteiger partial charge < -0.3 is 15.0 Å². The van der Waals surface area contributed by atoms with Crippen molar-refractivity contribution in [2.45, 2.75) is 52.0 Å². The molecular formula is C15H28N2O2. The van der Waals surface area contributed by atoms with Crippen molar-refractivity contribution in [3.63, 3.8) is 0 Å². The Morgan fingerprint density at radius 1 is 1.26 bits per heavy atom. The number of hydrogen-bond donors (Lipinski definition) is 1. The number of hydrogen-bond acceptors (Lipinski definition) is 3. The van der Waals surface area contributed by atoms with Crippen molar-refractivity contribution < 1.29 is 9.53 Å². The first kappa shape index (κ1) is 14.8. The average molecular weight is 268 g/mol. The fraction of sp³-hybridized carbons (Fsp3) is 0.933. The van der Waals surface area contributed by atoms with E-state index in [0.29, 0.717) is 31.1 Å². The number of nitrogens with zero attached hydrogens (tertiary/aromatic N) is 1. The molecule has 1 N–H and O–H groups in total. The van der Waals surface area contributed by atoms with Crippen LogP contribution in [0.15, 0.2) is 0 Å². The lowest BCUT2D eigenvalue weighted by molar-refractivity contribution is -0.135. The molecule has 4 heteroatoms. The number of carbonyl (C=O) groups is 1. The SMILES string of the molecule is CC1(C)CCC(NCCC(=O)N2CCOCC2)CC1. The van der Waals surface area contributed by atoms with Crippen LogP contribution in [0, 0.1) is 5.41 Å². The van der Waals surface area contributed by atoms with E-state index >= 15 is 0 Å². The molecule has 0 aromatic rings. The maximum absolute atomic E-state index is 12.0. The summed E-state index contributed by atoms with van der Waals surface area (Å²) < 4.78 is 5.26. The van der Waals surface area contributed by atoms with Gasteiger partial charge in [0.15, 0.2) is 0 Å². The molecule has 0 atom stereocenters. The van der Waals surface area contributed by atoms with E-state index in [9.17, 15) is 4.79 Å². The highest BCUT2D eigenvalue weighted by atomic mass is 16.5. The molecular weight excluding hydrogens is 240 g/mol. The Kier molecular flexibility index (Phi) is 5.22. The van der Waals surface area contributed by atoms with E-state index in [-0.39, 0.29) is 5.91 Å². The number of ether oxygens (including phenoxy) is 1. The van der Waals surface area contributed by atoms with E-state index in [1.807, 2.05) is 4.90 Å². The van der Waals surface area contributed by atoms with E-state index in [1.165, 1.54) is 25.7 Å². The highest BCUT2D eigenvalue weighted by Crippen LogP contribution is 2.34. The Hall–Kier alpha value is -0.610. The zero-order chi connectivity index (χ0) is 13.7. The summed E-state index contributed by atoms with van der Waals surface area (Å²) in [7, 11) is 0. The first-order chi connectivity index (χ1) is 9.07. The van der Waals surface area contributed by atoms with Crippen LogP contribution < -0.4 is 5.32 Å². The van der Waals surface area contributed by atoms with Gasteiger partial charge in [-0.2, -0.15) is 0 Å². The number of nitrogens with one attached hydrogen (secondary N) is 1. The Labute approximate surface area is 116 Å². The molecule has 0 radical (unpaired) electrons. The first-order valence-electron chi connectivity index (χ1n) is 7.66. The van der Waals surface area contributed by atoms with Crippen molar-refractivity contribution in [2.24, 2.45) is 5.41 Å². The molecule has 0 spiro atoms. The van der Waals surface area contributed by atoms with Crippen molar-refractivity contribution in [1.82, 2.24) is 10.2 Å². The standard InChI is InChI=1S/C15H28N2O2/c1-15(2)6-3-13(4-7-15)16-8-5-14(18)17-9-11-19-12-10-17/h13,16H,3-12H2,1-2H3. The molecule has 1 heterocycles. The van der Waals surface area contributed by atoms with Crippen LogP contribution in [0.4, 0.5) is 0 Å². The normalized spacial score (nSPS) is 24.4. The molecule has 1 aliphatic heterocycles. The summed E-state index contributed by atoms with van der Waals surface area (Å²) in [5.41, 5.74) is 0.516. The summed E-state index contributed by atoms with van der Waals surface area (Å²) in [6.45, 7) is 8.43. The minimum atomic E-state index is 0.270. The third-order valence-corrected chi connectivity index (χ3v) is 4.47. The number of morpholine rings is 1. The third-order valence-electron chi connectivity index (χ3n) is 4.47. The molecule has 2 fully saturated rings. The Balaban J connectivity index is 1.60. The highest BCUT2D eigenvalue weighted by molar-refractivity contribution is 5.76. The Morgan fingerprint density at radius 2 is 1.89 bits per heavy atom. The van der Waals surface area contributed by atoms with Crippen LogP contribution in [0.1, 0.15) is 46.0 Å².